The summed E-state index contributed by atoms with van der Waals surface area (Å²) in [5.74, 6) is 0.495. The van der Waals surface area contributed by atoms with Gasteiger partial charge in [-0.2, -0.15) is 0 Å². The topological polar surface area (TPSA) is 64.4 Å². The van der Waals surface area contributed by atoms with Gasteiger partial charge in [0.25, 0.3) is 0 Å². The molecule has 102 valence electrons. The van der Waals surface area contributed by atoms with Gasteiger partial charge < -0.3 is 14.5 Å². The lowest BCUT2D eigenvalue weighted by molar-refractivity contribution is -0.140. The number of hydrogen-bond acceptors (Lipinski definition) is 5. The van der Waals surface area contributed by atoms with Gasteiger partial charge >= 0.3 is 5.97 Å². The van der Waals surface area contributed by atoms with Gasteiger partial charge in [-0.1, -0.05) is 6.07 Å². The third-order valence-corrected chi connectivity index (χ3v) is 2.88. The molecular formula is C14H18N2O3. The second kappa shape index (κ2) is 6.33. The molecule has 0 amide bonds. The van der Waals surface area contributed by atoms with Crippen molar-refractivity contribution in [3.63, 3.8) is 0 Å². The summed E-state index contributed by atoms with van der Waals surface area (Å²) < 4.78 is 10.1. The molecule has 1 N–H and O–H groups in total. The van der Waals surface area contributed by atoms with Crippen molar-refractivity contribution in [3.05, 3.63) is 29.7 Å². The zero-order valence-corrected chi connectivity index (χ0v) is 11.2. The Kier molecular flexibility index (Phi) is 4.52. The van der Waals surface area contributed by atoms with Crippen LogP contribution in [0.2, 0.25) is 0 Å². The van der Waals surface area contributed by atoms with Gasteiger partial charge in [-0.05, 0) is 30.7 Å². The maximum absolute atomic E-state index is 10.9. The number of carbonyl (C=O) groups excluding carboxylic acids is 1. The van der Waals surface area contributed by atoms with Crippen LogP contribution in [-0.2, 0) is 16.0 Å². The Morgan fingerprint density at radius 2 is 2.26 bits per heavy atom. The zero-order chi connectivity index (χ0) is 13.7. The number of methoxy groups -OCH3 is 1. The van der Waals surface area contributed by atoms with Crippen molar-refractivity contribution in [1.82, 2.24) is 10.3 Å². The van der Waals surface area contributed by atoms with Crippen LogP contribution >= 0.6 is 0 Å². The standard InChI is InChI=1S/C14H18N2O3/c1-10-16-12-4-3-11(9-13(12)19-10)5-7-15-8-6-14(17)18-2/h3-4,9,15H,5-8H2,1-2H3. The van der Waals surface area contributed by atoms with Crippen LogP contribution in [0, 0.1) is 6.92 Å². The maximum Gasteiger partial charge on any atom is 0.306 e. The number of nitrogens with zero attached hydrogens (tertiary/aromatic N) is 1. The van der Waals surface area contributed by atoms with Gasteiger partial charge in [0.15, 0.2) is 11.5 Å². The Morgan fingerprint density at radius 1 is 1.42 bits per heavy atom. The first-order chi connectivity index (χ1) is 9.19. The van der Waals surface area contributed by atoms with Crippen molar-refractivity contribution >= 4 is 17.1 Å². The van der Waals surface area contributed by atoms with Crippen molar-refractivity contribution in [2.75, 3.05) is 20.2 Å². The Hall–Kier alpha value is -1.88. The van der Waals surface area contributed by atoms with E-state index >= 15 is 0 Å². The van der Waals surface area contributed by atoms with Gasteiger partial charge in [0.05, 0.1) is 13.5 Å². The lowest BCUT2D eigenvalue weighted by Crippen LogP contribution is -2.21. The number of ether oxygens (including phenoxy) is 1. The van der Waals surface area contributed by atoms with E-state index in [1.54, 1.807) is 0 Å². The van der Waals surface area contributed by atoms with Gasteiger partial charge in [0.2, 0.25) is 0 Å². The molecule has 2 rings (SSSR count). The summed E-state index contributed by atoms with van der Waals surface area (Å²) in [6, 6.07) is 6.03. The van der Waals surface area contributed by atoms with Crippen LogP contribution in [0.15, 0.2) is 22.6 Å². The zero-order valence-electron chi connectivity index (χ0n) is 11.2. The van der Waals surface area contributed by atoms with E-state index in [9.17, 15) is 4.79 Å². The van der Waals surface area contributed by atoms with E-state index in [2.05, 4.69) is 15.0 Å². The highest BCUT2D eigenvalue weighted by Gasteiger charge is 2.03. The van der Waals surface area contributed by atoms with Crippen LogP contribution in [0.4, 0.5) is 0 Å². The molecule has 1 aromatic carbocycles. The summed E-state index contributed by atoms with van der Waals surface area (Å²) in [6.07, 6.45) is 1.29. The van der Waals surface area contributed by atoms with E-state index in [-0.39, 0.29) is 5.97 Å². The summed E-state index contributed by atoms with van der Waals surface area (Å²) in [5.41, 5.74) is 2.90. The lowest BCUT2D eigenvalue weighted by atomic mass is 10.1. The molecule has 0 radical (unpaired) electrons. The largest absolute Gasteiger partial charge is 0.469 e. The molecule has 0 aliphatic carbocycles. The first-order valence-electron chi connectivity index (χ1n) is 6.32. The number of fused-ring (bicyclic) bond motifs is 1. The first-order valence-corrected chi connectivity index (χ1v) is 6.32. The van der Waals surface area contributed by atoms with Crippen molar-refractivity contribution in [1.29, 1.82) is 0 Å². The van der Waals surface area contributed by atoms with Gasteiger partial charge in [0.1, 0.15) is 5.52 Å². The normalized spacial score (nSPS) is 10.8. The average Bonchev–Trinajstić information content (AvgIpc) is 2.77. The number of rotatable bonds is 6. The van der Waals surface area contributed by atoms with Gasteiger partial charge in [-0.3, -0.25) is 4.79 Å². The molecule has 0 unspecified atom stereocenters. The Balaban J connectivity index is 1.79. The number of esters is 1. The van der Waals surface area contributed by atoms with Crippen molar-refractivity contribution in [2.45, 2.75) is 19.8 Å². The van der Waals surface area contributed by atoms with Gasteiger partial charge in [-0.15, -0.1) is 0 Å². The van der Waals surface area contributed by atoms with Gasteiger partial charge in [0, 0.05) is 13.5 Å². The Bertz CT molecular complexity index is 563. The molecule has 1 aromatic heterocycles. The van der Waals surface area contributed by atoms with E-state index in [4.69, 9.17) is 4.42 Å². The molecule has 0 aliphatic rings. The number of nitrogens with one attached hydrogen (secondary N) is 1. The highest BCUT2D eigenvalue weighted by molar-refractivity contribution is 5.73. The predicted molar refractivity (Wildman–Crippen MR) is 72.0 cm³/mol. The predicted octanol–water partition coefficient (Wildman–Crippen LogP) is 1.83. The molecule has 1 heterocycles. The summed E-state index contributed by atoms with van der Waals surface area (Å²) in [5, 5.41) is 3.21. The van der Waals surface area contributed by atoms with Crippen LogP contribution in [-0.4, -0.2) is 31.2 Å². The summed E-state index contributed by atoms with van der Waals surface area (Å²) in [7, 11) is 1.40. The van der Waals surface area contributed by atoms with E-state index in [1.807, 2.05) is 25.1 Å². The fraction of sp³-hybridized carbons (Fsp3) is 0.429. The molecule has 0 saturated heterocycles. The molecule has 2 aromatic rings. The van der Waals surface area contributed by atoms with Crippen molar-refractivity contribution in [3.8, 4) is 0 Å². The van der Waals surface area contributed by atoms with Crippen LogP contribution in [0.25, 0.3) is 11.1 Å². The minimum atomic E-state index is -0.189. The number of benzene rings is 1. The SMILES string of the molecule is COC(=O)CCNCCc1ccc2nc(C)oc2c1. The fourth-order valence-electron chi connectivity index (χ4n) is 1.89. The maximum atomic E-state index is 10.9. The first kappa shape index (κ1) is 13.5. The molecule has 0 bridgehead atoms. The fourth-order valence-corrected chi connectivity index (χ4v) is 1.89. The molecule has 0 spiro atoms. The number of carbonyl (C=O) groups is 1. The minimum Gasteiger partial charge on any atom is -0.469 e. The summed E-state index contributed by atoms with van der Waals surface area (Å²) >= 11 is 0. The van der Waals surface area contributed by atoms with Gasteiger partial charge in [-0.25, -0.2) is 4.98 Å². The minimum absolute atomic E-state index is 0.189. The van der Waals surface area contributed by atoms with Crippen LogP contribution in [0.3, 0.4) is 0 Å². The van der Waals surface area contributed by atoms with E-state index in [1.165, 1.54) is 12.7 Å². The lowest BCUT2D eigenvalue weighted by Gasteiger charge is -2.04. The van der Waals surface area contributed by atoms with E-state index in [0.29, 0.717) is 18.9 Å². The highest BCUT2D eigenvalue weighted by Crippen LogP contribution is 2.16. The van der Waals surface area contributed by atoms with E-state index in [0.717, 1.165) is 24.1 Å². The van der Waals surface area contributed by atoms with Crippen molar-refractivity contribution in [2.24, 2.45) is 0 Å². The third kappa shape index (κ3) is 3.79. The Labute approximate surface area is 112 Å². The third-order valence-electron chi connectivity index (χ3n) is 2.88. The monoisotopic (exact) mass is 262 g/mol. The average molecular weight is 262 g/mol. The Morgan fingerprint density at radius 3 is 3.05 bits per heavy atom. The number of hydrogen-bond donors (Lipinski definition) is 1. The molecule has 0 saturated carbocycles. The molecular weight excluding hydrogens is 244 g/mol. The molecule has 0 aliphatic heterocycles. The highest BCUT2D eigenvalue weighted by atomic mass is 16.5. The molecule has 19 heavy (non-hydrogen) atoms. The smallest absolute Gasteiger partial charge is 0.306 e. The number of aryl methyl sites for hydroxylation is 1. The second-order valence-corrected chi connectivity index (χ2v) is 4.36. The second-order valence-electron chi connectivity index (χ2n) is 4.36. The van der Waals surface area contributed by atoms with Crippen LogP contribution in [0.5, 0.6) is 0 Å². The summed E-state index contributed by atoms with van der Waals surface area (Å²) in [4.78, 5) is 15.2. The number of oxazole rings is 1. The molecule has 0 fully saturated rings. The number of aromatic nitrogens is 1. The molecule has 0 atom stereocenters. The molecule has 5 heteroatoms. The van der Waals surface area contributed by atoms with E-state index < -0.39 is 0 Å². The summed E-state index contributed by atoms with van der Waals surface area (Å²) in [6.45, 7) is 3.29. The van der Waals surface area contributed by atoms with Crippen molar-refractivity contribution < 1.29 is 13.9 Å². The quantitative estimate of drug-likeness (QED) is 0.635. The van der Waals surface area contributed by atoms with Crippen LogP contribution in [0.1, 0.15) is 17.9 Å². The molecule has 5 nitrogen and oxygen atoms in total. The van der Waals surface area contributed by atoms with Crippen LogP contribution < -0.4 is 5.32 Å².